The molecule has 0 fully saturated rings. The second-order valence-electron chi connectivity index (χ2n) is 12.7. The Morgan fingerprint density at radius 3 is 1.25 bits per heavy atom. The summed E-state index contributed by atoms with van der Waals surface area (Å²) in [6.45, 7) is 17.2. The predicted molar refractivity (Wildman–Crippen MR) is 175 cm³/mol. The average Bonchev–Trinajstić information content (AvgIpc) is 2.84. The summed E-state index contributed by atoms with van der Waals surface area (Å²) in [6.07, 6.45) is 36.7. The Kier molecular flexibility index (Phi) is 13.1. The van der Waals surface area contributed by atoms with Gasteiger partial charge in [-0.25, -0.2) is 0 Å². The van der Waals surface area contributed by atoms with E-state index in [4.69, 9.17) is 0 Å². The molecule has 2 aliphatic rings. The first-order valence-corrected chi connectivity index (χ1v) is 14.6. The van der Waals surface area contributed by atoms with Crippen molar-refractivity contribution in [2.24, 2.45) is 10.8 Å². The van der Waals surface area contributed by atoms with E-state index in [9.17, 15) is 10.2 Å². The van der Waals surface area contributed by atoms with Crippen molar-refractivity contribution < 1.29 is 10.2 Å². The maximum Gasteiger partial charge on any atom is 0.0583 e. The molecule has 0 aliphatic heterocycles. The molecule has 0 aromatic carbocycles. The normalized spacial score (nSPS) is 25.1. The highest BCUT2D eigenvalue weighted by Gasteiger charge is 2.29. The van der Waals surface area contributed by atoms with Crippen LogP contribution in [0.25, 0.3) is 0 Å². The molecule has 0 saturated carbocycles. The van der Waals surface area contributed by atoms with E-state index < -0.39 is 0 Å². The highest BCUT2D eigenvalue weighted by molar-refractivity contribution is 5.36. The Morgan fingerprint density at radius 1 is 0.575 bits per heavy atom. The quantitative estimate of drug-likeness (QED) is 0.271. The van der Waals surface area contributed by atoms with Crippen molar-refractivity contribution >= 4 is 0 Å². The lowest BCUT2D eigenvalue weighted by Gasteiger charge is -2.33. The Hall–Kier alpha value is -2.94. The molecule has 2 nitrogen and oxygen atoms in total. The third-order valence-electron chi connectivity index (χ3n) is 7.59. The Labute approximate surface area is 244 Å². The predicted octanol–water partition coefficient (Wildman–Crippen LogP) is 9.77. The van der Waals surface area contributed by atoms with Crippen LogP contribution in [0.5, 0.6) is 0 Å². The summed E-state index contributed by atoms with van der Waals surface area (Å²) in [5.74, 6) is 0. The van der Waals surface area contributed by atoms with Gasteiger partial charge in [0.05, 0.1) is 12.2 Å². The number of hydrogen-bond donors (Lipinski definition) is 2. The van der Waals surface area contributed by atoms with Crippen molar-refractivity contribution in [2.75, 3.05) is 0 Å². The minimum Gasteiger partial charge on any atom is -0.393 e. The summed E-state index contributed by atoms with van der Waals surface area (Å²) in [4.78, 5) is 0. The van der Waals surface area contributed by atoms with Crippen molar-refractivity contribution in [1.82, 2.24) is 0 Å². The number of rotatable bonds is 10. The van der Waals surface area contributed by atoms with Crippen molar-refractivity contribution in [3.8, 4) is 0 Å². The fraction of sp³-hybridized carbons (Fsp3) is 0.421. The number of aliphatic hydroxyl groups is 2. The van der Waals surface area contributed by atoms with Crippen molar-refractivity contribution in [2.45, 2.75) is 93.3 Å². The molecule has 2 N–H and O–H groups in total. The molecule has 2 unspecified atom stereocenters. The molecule has 0 saturated heterocycles. The van der Waals surface area contributed by atoms with E-state index in [1.54, 1.807) is 0 Å². The molecule has 0 aromatic rings. The van der Waals surface area contributed by atoms with E-state index in [-0.39, 0.29) is 23.0 Å². The maximum atomic E-state index is 9.92. The summed E-state index contributed by atoms with van der Waals surface area (Å²) >= 11 is 0. The molecule has 216 valence electrons. The van der Waals surface area contributed by atoms with Crippen LogP contribution in [0.4, 0.5) is 0 Å². The van der Waals surface area contributed by atoms with E-state index in [1.165, 1.54) is 33.4 Å². The molecule has 2 heteroatoms. The van der Waals surface area contributed by atoms with Gasteiger partial charge in [0.15, 0.2) is 0 Å². The molecule has 2 atom stereocenters. The minimum atomic E-state index is -0.221. The first-order chi connectivity index (χ1) is 18.8. The smallest absolute Gasteiger partial charge is 0.0583 e. The molecule has 0 heterocycles. The fourth-order valence-electron chi connectivity index (χ4n) is 5.03. The highest BCUT2D eigenvalue weighted by Crippen LogP contribution is 2.38. The standard InChI is InChI=1S/C38H52O2/c1-29(15-11-17-31(3)19-21-33-23-25-35(39)27-37(33,5)6)13-9-10-14-30(2)16-12-18-32(4)20-22-34-24-26-36(40)28-38(34,7)8/h9-24,35-36,39-40H,25-28H2,1-8H3/b10-9+,15-11+,16-12+,21-19+,22-20+,29-13+,30-14+,31-17+,32-18+. The molecular formula is C38H52O2. The van der Waals surface area contributed by atoms with Crippen LogP contribution in [0.1, 0.15) is 81.1 Å². The minimum absolute atomic E-state index is 0.0160. The van der Waals surface area contributed by atoms with Gasteiger partial charge in [-0.3, -0.25) is 0 Å². The highest BCUT2D eigenvalue weighted by atomic mass is 16.3. The average molecular weight is 541 g/mol. The summed E-state index contributed by atoms with van der Waals surface area (Å²) < 4.78 is 0. The first-order valence-electron chi connectivity index (χ1n) is 14.6. The van der Waals surface area contributed by atoms with Gasteiger partial charge in [0.2, 0.25) is 0 Å². The molecule has 40 heavy (non-hydrogen) atoms. The van der Waals surface area contributed by atoms with Crippen molar-refractivity contribution in [3.63, 3.8) is 0 Å². The molecule has 2 rings (SSSR count). The Morgan fingerprint density at radius 2 is 0.900 bits per heavy atom. The van der Waals surface area contributed by atoms with Gasteiger partial charge >= 0.3 is 0 Å². The monoisotopic (exact) mass is 540 g/mol. The van der Waals surface area contributed by atoms with E-state index in [0.29, 0.717) is 0 Å². The van der Waals surface area contributed by atoms with Gasteiger partial charge in [-0.1, -0.05) is 147 Å². The zero-order valence-electron chi connectivity index (χ0n) is 26.1. The molecule has 2 aliphatic carbocycles. The van der Waals surface area contributed by atoms with Crippen molar-refractivity contribution in [1.29, 1.82) is 0 Å². The van der Waals surface area contributed by atoms with E-state index in [2.05, 4.69) is 153 Å². The van der Waals surface area contributed by atoms with Crippen LogP contribution in [0.3, 0.4) is 0 Å². The van der Waals surface area contributed by atoms with Crippen LogP contribution in [0, 0.1) is 10.8 Å². The lowest BCUT2D eigenvalue weighted by atomic mass is 9.74. The summed E-state index contributed by atoms with van der Waals surface area (Å²) in [5.41, 5.74) is 7.40. The van der Waals surface area contributed by atoms with Crippen LogP contribution in [-0.4, -0.2) is 22.4 Å². The van der Waals surface area contributed by atoms with Crippen LogP contribution in [-0.2, 0) is 0 Å². The van der Waals surface area contributed by atoms with Gasteiger partial charge in [0.1, 0.15) is 0 Å². The fourth-order valence-corrected chi connectivity index (χ4v) is 5.03. The van der Waals surface area contributed by atoms with Gasteiger partial charge in [0, 0.05) is 0 Å². The van der Waals surface area contributed by atoms with Crippen LogP contribution < -0.4 is 0 Å². The number of hydrogen-bond acceptors (Lipinski definition) is 2. The first kappa shape index (κ1) is 33.3. The topological polar surface area (TPSA) is 40.5 Å². The van der Waals surface area contributed by atoms with Crippen LogP contribution >= 0.6 is 0 Å². The van der Waals surface area contributed by atoms with Crippen LogP contribution in [0.2, 0.25) is 0 Å². The van der Waals surface area contributed by atoms with Crippen molar-refractivity contribution in [3.05, 3.63) is 131 Å². The van der Waals surface area contributed by atoms with Gasteiger partial charge in [-0.05, 0) is 75.4 Å². The second-order valence-corrected chi connectivity index (χ2v) is 12.7. The summed E-state index contributed by atoms with van der Waals surface area (Å²) in [5, 5.41) is 19.8. The molecule has 0 bridgehead atoms. The van der Waals surface area contributed by atoms with E-state index in [0.717, 1.165) is 25.7 Å². The number of allylic oxidation sites excluding steroid dienone is 20. The van der Waals surface area contributed by atoms with Gasteiger partial charge in [-0.2, -0.15) is 0 Å². The molecule has 0 amide bonds. The SMILES string of the molecule is CC(/C=C/C=C(C)/C=C/C1=CCC(O)CC1(C)C)=C\C=C\C=C(C)\C=C\C=C(C)\C=C\C1=CCC(O)CC1(C)C. The van der Waals surface area contributed by atoms with Gasteiger partial charge < -0.3 is 10.2 Å². The molecule has 0 spiro atoms. The lowest BCUT2D eigenvalue weighted by molar-refractivity contribution is 0.120. The third-order valence-corrected chi connectivity index (χ3v) is 7.59. The van der Waals surface area contributed by atoms with Gasteiger partial charge in [0.25, 0.3) is 0 Å². The zero-order chi connectivity index (χ0) is 29.8. The largest absolute Gasteiger partial charge is 0.393 e. The van der Waals surface area contributed by atoms with Crippen LogP contribution in [0.15, 0.2) is 131 Å². The molecule has 0 aromatic heterocycles. The molecule has 0 radical (unpaired) electrons. The van der Waals surface area contributed by atoms with E-state index >= 15 is 0 Å². The zero-order valence-corrected chi connectivity index (χ0v) is 26.1. The Balaban J connectivity index is 1.85. The number of aliphatic hydroxyl groups excluding tert-OH is 2. The lowest BCUT2D eigenvalue weighted by Crippen LogP contribution is -2.26. The Bertz CT molecular complexity index is 1100. The van der Waals surface area contributed by atoms with E-state index in [1.807, 2.05) is 0 Å². The molecular weight excluding hydrogens is 488 g/mol. The third kappa shape index (κ3) is 12.1. The second kappa shape index (κ2) is 15.7. The maximum absolute atomic E-state index is 9.92. The summed E-state index contributed by atoms with van der Waals surface area (Å²) in [7, 11) is 0. The van der Waals surface area contributed by atoms with Gasteiger partial charge in [-0.15, -0.1) is 0 Å². The summed E-state index contributed by atoms with van der Waals surface area (Å²) in [6, 6.07) is 0.